The van der Waals surface area contributed by atoms with Crippen LogP contribution in [0.15, 0.2) is 54.6 Å². The fourth-order valence-corrected chi connectivity index (χ4v) is 3.96. The summed E-state index contributed by atoms with van der Waals surface area (Å²) in [6, 6.07) is 16.9. The molecular weight excluding hydrogens is 328 g/mol. The lowest BCUT2D eigenvalue weighted by molar-refractivity contribution is -0.155. The minimum absolute atomic E-state index is 0.0510. The minimum Gasteiger partial charge on any atom is -0.371 e. The third-order valence-electron chi connectivity index (χ3n) is 5.36. The van der Waals surface area contributed by atoms with Crippen LogP contribution in [0.1, 0.15) is 34.3 Å². The molecule has 2 aliphatic heterocycles. The number of piperidine rings is 1. The van der Waals surface area contributed by atoms with Gasteiger partial charge in [0, 0.05) is 25.1 Å². The molecule has 4 rings (SSSR count). The number of rotatable bonds is 3. The molecule has 0 radical (unpaired) electrons. The fourth-order valence-electron chi connectivity index (χ4n) is 3.96. The van der Waals surface area contributed by atoms with Crippen LogP contribution >= 0.6 is 0 Å². The van der Waals surface area contributed by atoms with E-state index in [-0.39, 0.29) is 17.9 Å². The maximum absolute atomic E-state index is 12.9. The lowest BCUT2D eigenvalue weighted by Crippen LogP contribution is -2.59. The number of nitrogens with zero attached hydrogens (tertiary/aromatic N) is 2. The van der Waals surface area contributed by atoms with Crippen molar-refractivity contribution in [3.05, 3.63) is 71.3 Å². The standard InChI is InChI=1S/C21H22N2O3/c24-19-11-10-18(21(26)23(19)14-15-6-2-1-3-7-15)22-13-12-16-8-4-5-9-17(16)20(22)25/h1-9,18,21,26H,10-14H2. The van der Waals surface area contributed by atoms with Crippen molar-refractivity contribution < 1.29 is 14.7 Å². The zero-order valence-electron chi connectivity index (χ0n) is 14.5. The molecule has 2 aromatic rings. The lowest BCUT2D eigenvalue weighted by atomic mass is 9.94. The normalized spacial score (nSPS) is 23.1. The molecule has 2 heterocycles. The molecule has 1 fully saturated rings. The van der Waals surface area contributed by atoms with E-state index in [0.717, 1.165) is 17.5 Å². The Morgan fingerprint density at radius 1 is 0.962 bits per heavy atom. The van der Waals surface area contributed by atoms with Gasteiger partial charge in [-0.05, 0) is 30.0 Å². The third kappa shape index (κ3) is 2.99. The van der Waals surface area contributed by atoms with Gasteiger partial charge < -0.3 is 14.9 Å². The molecule has 2 unspecified atom stereocenters. The van der Waals surface area contributed by atoms with Crippen LogP contribution in [0.25, 0.3) is 0 Å². The second-order valence-electron chi connectivity index (χ2n) is 6.93. The van der Waals surface area contributed by atoms with Gasteiger partial charge in [0.15, 0.2) is 0 Å². The number of hydrogen-bond acceptors (Lipinski definition) is 3. The molecule has 0 saturated carbocycles. The van der Waals surface area contributed by atoms with Crippen molar-refractivity contribution in [3.63, 3.8) is 0 Å². The molecule has 134 valence electrons. The van der Waals surface area contributed by atoms with E-state index in [9.17, 15) is 14.7 Å². The Kier molecular flexibility index (Phi) is 4.47. The van der Waals surface area contributed by atoms with Gasteiger partial charge in [0.1, 0.15) is 6.23 Å². The van der Waals surface area contributed by atoms with Crippen molar-refractivity contribution in [2.75, 3.05) is 6.54 Å². The zero-order valence-corrected chi connectivity index (χ0v) is 14.5. The molecule has 2 amide bonds. The van der Waals surface area contributed by atoms with Crippen molar-refractivity contribution in [3.8, 4) is 0 Å². The highest BCUT2D eigenvalue weighted by Crippen LogP contribution is 2.28. The smallest absolute Gasteiger partial charge is 0.254 e. The Morgan fingerprint density at radius 2 is 1.69 bits per heavy atom. The lowest BCUT2D eigenvalue weighted by Gasteiger charge is -2.44. The van der Waals surface area contributed by atoms with Crippen molar-refractivity contribution >= 4 is 11.8 Å². The average Bonchev–Trinajstić information content (AvgIpc) is 2.67. The molecule has 5 heteroatoms. The molecule has 2 aliphatic rings. The van der Waals surface area contributed by atoms with E-state index in [1.807, 2.05) is 54.6 Å². The number of amides is 2. The Labute approximate surface area is 152 Å². The Hall–Kier alpha value is -2.66. The molecule has 2 atom stereocenters. The molecule has 0 aliphatic carbocycles. The van der Waals surface area contributed by atoms with E-state index in [0.29, 0.717) is 31.5 Å². The van der Waals surface area contributed by atoms with Crippen molar-refractivity contribution in [2.24, 2.45) is 0 Å². The van der Waals surface area contributed by atoms with Crippen LogP contribution in [-0.4, -0.2) is 45.5 Å². The molecule has 0 bridgehead atoms. The van der Waals surface area contributed by atoms with E-state index >= 15 is 0 Å². The molecule has 1 saturated heterocycles. The van der Waals surface area contributed by atoms with E-state index < -0.39 is 6.23 Å². The third-order valence-corrected chi connectivity index (χ3v) is 5.36. The average molecular weight is 350 g/mol. The van der Waals surface area contributed by atoms with Crippen molar-refractivity contribution in [1.82, 2.24) is 9.80 Å². The minimum atomic E-state index is -0.981. The molecule has 2 aromatic carbocycles. The Morgan fingerprint density at radius 3 is 2.50 bits per heavy atom. The number of aliphatic hydroxyl groups excluding tert-OH is 1. The summed E-state index contributed by atoms with van der Waals surface area (Å²) in [6.07, 6.45) is 0.641. The van der Waals surface area contributed by atoms with E-state index in [1.165, 1.54) is 4.90 Å². The van der Waals surface area contributed by atoms with Crippen molar-refractivity contribution in [1.29, 1.82) is 0 Å². The van der Waals surface area contributed by atoms with Gasteiger partial charge in [-0.3, -0.25) is 9.59 Å². The highest BCUT2D eigenvalue weighted by Gasteiger charge is 2.41. The first-order valence-electron chi connectivity index (χ1n) is 9.05. The Balaban J connectivity index is 1.56. The van der Waals surface area contributed by atoms with Crippen LogP contribution in [0.5, 0.6) is 0 Å². The first-order valence-corrected chi connectivity index (χ1v) is 9.05. The topological polar surface area (TPSA) is 60.9 Å². The summed E-state index contributed by atoms with van der Waals surface area (Å²) in [5.41, 5.74) is 2.73. The maximum Gasteiger partial charge on any atom is 0.254 e. The second kappa shape index (κ2) is 6.92. The molecule has 0 aromatic heterocycles. The van der Waals surface area contributed by atoms with Gasteiger partial charge in [0.25, 0.3) is 5.91 Å². The van der Waals surface area contributed by atoms with Crippen LogP contribution in [0.3, 0.4) is 0 Å². The highest BCUT2D eigenvalue weighted by molar-refractivity contribution is 5.97. The summed E-state index contributed by atoms with van der Waals surface area (Å²) in [5.74, 6) is -0.118. The first-order chi connectivity index (χ1) is 12.6. The van der Waals surface area contributed by atoms with Crippen LogP contribution in [-0.2, 0) is 17.8 Å². The number of likely N-dealkylation sites (tertiary alicyclic amines) is 1. The number of carbonyl (C=O) groups is 2. The number of aliphatic hydroxyl groups is 1. The van der Waals surface area contributed by atoms with Crippen molar-refractivity contribution in [2.45, 2.75) is 38.1 Å². The molecule has 5 nitrogen and oxygen atoms in total. The summed E-state index contributed by atoms with van der Waals surface area (Å²) in [4.78, 5) is 28.5. The second-order valence-corrected chi connectivity index (χ2v) is 6.93. The fraction of sp³-hybridized carbons (Fsp3) is 0.333. The maximum atomic E-state index is 12.9. The van der Waals surface area contributed by atoms with Gasteiger partial charge in [-0.15, -0.1) is 0 Å². The van der Waals surface area contributed by atoms with Gasteiger partial charge in [0.05, 0.1) is 6.04 Å². The van der Waals surface area contributed by atoms with Gasteiger partial charge in [-0.2, -0.15) is 0 Å². The number of carbonyl (C=O) groups excluding carboxylic acids is 2. The number of hydrogen-bond donors (Lipinski definition) is 1. The summed E-state index contributed by atoms with van der Waals surface area (Å²) < 4.78 is 0. The van der Waals surface area contributed by atoms with Crippen LogP contribution in [0, 0.1) is 0 Å². The summed E-state index contributed by atoms with van der Waals surface area (Å²) in [5, 5.41) is 10.9. The monoisotopic (exact) mass is 350 g/mol. The van der Waals surface area contributed by atoms with Gasteiger partial charge in [-0.25, -0.2) is 0 Å². The molecule has 26 heavy (non-hydrogen) atoms. The largest absolute Gasteiger partial charge is 0.371 e. The first kappa shape index (κ1) is 16.8. The zero-order chi connectivity index (χ0) is 18.1. The van der Waals surface area contributed by atoms with E-state index in [2.05, 4.69) is 0 Å². The van der Waals surface area contributed by atoms with Gasteiger partial charge in [-0.1, -0.05) is 48.5 Å². The predicted molar refractivity (Wildman–Crippen MR) is 97.2 cm³/mol. The summed E-state index contributed by atoms with van der Waals surface area (Å²) in [7, 11) is 0. The summed E-state index contributed by atoms with van der Waals surface area (Å²) in [6.45, 7) is 0.931. The van der Waals surface area contributed by atoms with Gasteiger partial charge in [0.2, 0.25) is 5.91 Å². The highest BCUT2D eigenvalue weighted by atomic mass is 16.3. The Bertz CT molecular complexity index is 821. The molecule has 0 spiro atoms. The van der Waals surface area contributed by atoms with Gasteiger partial charge >= 0.3 is 0 Å². The van der Waals surface area contributed by atoms with E-state index in [1.54, 1.807) is 4.90 Å². The molecular formula is C21H22N2O3. The SMILES string of the molecule is O=C1CCC(N2CCc3ccccc3C2=O)C(O)N1Cc1ccccc1. The number of benzene rings is 2. The molecule has 1 N–H and O–H groups in total. The van der Waals surface area contributed by atoms with Crippen LogP contribution in [0.2, 0.25) is 0 Å². The van der Waals surface area contributed by atoms with Crippen LogP contribution in [0.4, 0.5) is 0 Å². The number of fused-ring (bicyclic) bond motifs is 1. The quantitative estimate of drug-likeness (QED) is 0.923. The van der Waals surface area contributed by atoms with E-state index in [4.69, 9.17) is 0 Å². The van der Waals surface area contributed by atoms with Crippen LogP contribution < -0.4 is 0 Å². The predicted octanol–water partition coefficient (Wildman–Crippen LogP) is 2.19. The summed E-state index contributed by atoms with van der Waals surface area (Å²) >= 11 is 0.